The van der Waals surface area contributed by atoms with Crippen molar-refractivity contribution in [2.24, 2.45) is 0 Å². The van der Waals surface area contributed by atoms with Crippen molar-refractivity contribution in [3.05, 3.63) is 65.5 Å². The van der Waals surface area contributed by atoms with E-state index in [1.54, 1.807) is 24.3 Å². The molecule has 0 atom stereocenters. The normalized spacial score (nSPS) is 11.7. The van der Waals surface area contributed by atoms with E-state index in [0.29, 0.717) is 29.6 Å². The number of hydrogen-bond acceptors (Lipinski definition) is 9. The summed E-state index contributed by atoms with van der Waals surface area (Å²) in [6, 6.07) is 9.30. The van der Waals surface area contributed by atoms with E-state index in [2.05, 4.69) is 25.6 Å². The fraction of sp³-hybridized carbons (Fsp3) is 0.360. The van der Waals surface area contributed by atoms with Crippen molar-refractivity contribution in [3.63, 3.8) is 0 Å². The van der Waals surface area contributed by atoms with Gasteiger partial charge in [-0.2, -0.15) is 18.2 Å². The fourth-order valence-electron chi connectivity index (χ4n) is 3.69. The van der Waals surface area contributed by atoms with Gasteiger partial charge in [0.15, 0.2) is 0 Å². The monoisotopic (exact) mass is 581 g/mol. The fourth-order valence-corrected chi connectivity index (χ4v) is 4.16. The Hall–Kier alpha value is -3.98. The molecule has 0 fully saturated rings. The maximum atomic E-state index is 13.7. The van der Waals surface area contributed by atoms with Crippen LogP contribution in [-0.4, -0.2) is 72.3 Å². The van der Waals surface area contributed by atoms with Gasteiger partial charge in [-0.3, -0.25) is 9.10 Å². The molecule has 0 saturated heterocycles. The Morgan fingerprint density at radius 3 is 2.40 bits per heavy atom. The number of nitrogens with zero attached hydrogens (tertiary/aromatic N) is 5. The van der Waals surface area contributed by atoms with E-state index in [0.717, 1.165) is 17.0 Å². The topological polar surface area (TPSA) is 141 Å². The number of hydrogen-bond donors (Lipinski definition) is 3. The van der Waals surface area contributed by atoms with Gasteiger partial charge in [-0.05, 0) is 36.8 Å². The van der Waals surface area contributed by atoms with Gasteiger partial charge in [0.1, 0.15) is 17.2 Å². The number of anilines is 4. The second-order valence-electron chi connectivity index (χ2n) is 8.74. The quantitative estimate of drug-likeness (QED) is 0.293. The maximum absolute atomic E-state index is 13.7. The van der Waals surface area contributed by atoms with Crippen LogP contribution in [0.3, 0.4) is 0 Å². The summed E-state index contributed by atoms with van der Waals surface area (Å²) in [6.45, 7) is 2.24. The molecule has 40 heavy (non-hydrogen) atoms. The van der Waals surface area contributed by atoms with Gasteiger partial charge in [-0.25, -0.2) is 18.4 Å². The number of rotatable bonds is 12. The van der Waals surface area contributed by atoms with Crippen molar-refractivity contribution >= 4 is 39.2 Å². The molecule has 0 aliphatic rings. The van der Waals surface area contributed by atoms with Crippen LogP contribution in [0.4, 0.5) is 36.4 Å². The molecule has 15 heteroatoms. The average molecular weight is 582 g/mol. The number of aliphatic hydroxyl groups excluding tert-OH is 1. The summed E-state index contributed by atoms with van der Waals surface area (Å²) in [5.74, 6) is -0.851. The second-order valence-corrected chi connectivity index (χ2v) is 10.8. The van der Waals surface area contributed by atoms with Crippen molar-refractivity contribution < 1.29 is 31.5 Å². The number of alkyl halides is 3. The molecule has 0 unspecified atom stereocenters. The first kappa shape index (κ1) is 30.6. The molecule has 1 aromatic carbocycles. The van der Waals surface area contributed by atoms with Crippen LogP contribution in [0.25, 0.3) is 0 Å². The van der Waals surface area contributed by atoms with Crippen LogP contribution in [0.15, 0.2) is 48.8 Å². The average Bonchev–Trinajstić information content (AvgIpc) is 2.90. The minimum Gasteiger partial charge on any atom is -0.395 e. The Bertz CT molecular complexity index is 1410. The molecule has 0 radical (unpaired) electrons. The lowest BCUT2D eigenvalue weighted by Crippen LogP contribution is -2.34. The number of aromatic nitrogens is 3. The van der Waals surface area contributed by atoms with Gasteiger partial charge in [-0.1, -0.05) is 13.0 Å². The lowest BCUT2D eigenvalue weighted by atomic mass is 10.1. The molecule has 0 spiro atoms. The highest BCUT2D eigenvalue weighted by molar-refractivity contribution is 7.92. The zero-order valence-electron chi connectivity index (χ0n) is 22.1. The molecule has 0 aliphatic heterocycles. The summed E-state index contributed by atoms with van der Waals surface area (Å²) in [5, 5.41) is 14.7. The van der Waals surface area contributed by atoms with E-state index in [4.69, 9.17) is 0 Å². The van der Waals surface area contributed by atoms with Gasteiger partial charge >= 0.3 is 6.18 Å². The number of halogens is 3. The second kappa shape index (κ2) is 12.9. The standard InChI is InChI=1S/C25H30F3N7O4S/c1-4-12-35(13-14-36)23(37)17-7-9-19(10-8-17)32-24-31-16-20(25(26,27)28)21(33-24)30-15-18-6-5-11-29-22(18)34(2)40(3,38)39/h5-11,16,36H,4,12-15H2,1-3H3,(H2,30,31,32,33). The Kier molecular flexibility index (Phi) is 9.87. The number of carbonyl (C=O) groups is 1. The zero-order valence-corrected chi connectivity index (χ0v) is 22.9. The number of carbonyl (C=O) groups excluding carboxylic acids is 1. The Morgan fingerprint density at radius 2 is 1.80 bits per heavy atom. The smallest absolute Gasteiger partial charge is 0.395 e. The summed E-state index contributed by atoms with van der Waals surface area (Å²) >= 11 is 0. The predicted molar refractivity (Wildman–Crippen MR) is 145 cm³/mol. The van der Waals surface area contributed by atoms with E-state index in [-0.39, 0.29) is 37.4 Å². The highest BCUT2D eigenvalue weighted by Gasteiger charge is 2.35. The van der Waals surface area contributed by atoms with E-state index >= 15 is 0 Å². The molecule has 216 valence electrons. The van der Waals surface area contributed by atoms with Crippen molar-refractivity contribution in [2.75, 3.05) is 47.9 Å². The number of nitrogens with one attached hydrogen (secondary N) is 2. The lowest BCUT2D eigenvalue weighted by molar-refractivity contribution is -0.137. The van der Waals surface area contributed by atoms with E-state index in [1.165, 1.54) is 30.3 Å². The van der Waals surface area contributed by atoms with E-state index < -0.39 is 27.6 Å². The number of benzene rings is 1. The first-order valence-electron chi connectivity index (χ1n) is 12.2. The molecular weight excluding hydrogens is 551 g/mol. The summed E-state index contributed by atoms with van der Waals surface area (Å²) in [4.78, 5) is 26.1. The van der Waals surface area contributed by atoms with Gasteiger partial charge in [0.05, 0.1) is 12.9 Å². The van der Waals surface area contributed by atoms with E-state index in [1.807, 2.05) is 6.92 Å². The largest absolute Gasteiger partial charge is 0.421 e. The zero-order chi connectivity index (χ0) is 29.5. The predicted octanol–water partition coefficient (Wildman–Crippen LogP) is 3.49. The highest BCUT2D eigenvalue weighted by atomic mass is 32.2. The van der Waals surface area contributed by atoms with Crippen molar-refractivity contribution in [1.82, 2.24) is 19.9 Å². The first-order chi connectivity index (χ1) is 18.8. The molecule has 0 saturated carbocycles. The summed E-state index contributed by atoms with van der Waals surface area (Å²) in [6.07, 6.45) is -1.03. The van der Waals surface area contributed by atoms with Gasteiger partial charge in [0, 0.05) is 55.9 Å². The Morgan fingerprint density at radius 1 is 1.10 bits per heavy atom. The molecule has 1 amide bonds. The SMILES string of the molecule is CCCN(CCO)C(=O)c1ccc(Nc2ncc(C(F)(F)F)c(NCc3cccnc3N(C)S(C)(=O)=O)n2)cc1. The molecule has 11 nitrogen and oxygen atoms in total. The maximum Gasteiger partial charge on any atom is 0.421 e. The van der Waals surface area contributed by atoms with Gasteiger partial charge < -0.3 is 20.6 Å². The molecular formula is C25H30F3N7O4S. The van der Waals surface area contributed by atoms with Crippen LogP contribution in [0.2, 0.25) is 0 Å². The number of pyridine rings is 1. The summed E-state index contributed by atoms with van der Waals surface area (Å²) in [7, 11) is -2.37. The van der Waals surface area contributed by atoms with Crippen molar-refractivity contribution in [1.29, 1.82) is 0 Å². The summed E-state index contributed by atoms with van der Waals surface area (Å²) in [5.41, 5.74) is 0.0290. The molecule has 3 rings (SSSR count). The van der Waals surface area contributed by atoms with E-state index in [9.17, 15) is 31.5 Å². The molecule has 2 heterocycles. The molecule has 2 aromatic heterocycles. The van der Waals surface area contributed by atoms with Crippen LogP contribution in [0.1, 0.15) is 34.8 Å². The summed E-state index contributed by atoms with van der Waals surface area (Å²) < 4.78 is 66.0. The molecule has 0 bridgehead atoms. The van der Waals surface area contributed by atoms with Crippen molar-refractivity contribution in [2.45, 2.75) is 26.1 Å². The first-order valence-corrected chi connectivity index (χ1v) is 14.0. The van der Waals surface area contributed by atoms with Crippen LogP contribution in [0.5, 0.6) is 0 Å². The minimum absolute atomic E-state index is 0.0598. The molecule has 3 N–H and O–H groups in total. The third-order valence-electron chi connectivity index (χ3n) is 5.74. The van der Waals surface area contributed by atoms with Gasteiger partial charge in [0.2, 0.25) is 16.0 Å². The van der Waals surface area contributed by atoms with Crippen LogP contribution in [0, 0.1) is 0 Å². The van der Waals surface area contributed by atoms with Gasteiger partial charge in [-0.15, -0.1) is 0 Å². The van der Waals surface area contributed by atoms with Crippen LogP contribution >= 0.6 is 0 Å². The van der Waals surface area contributed by atoms with Crippen LogP contribution in [-0.2, 0) is 22.7 Å². The molecule has 0 aliphatic carbocycles. The number of amides is 1. The third kappa shape index (κ3) is 7.79. The highest BCUT2D eigenvalue weighted by Crippen LogP contribution is 2.34. The van der Waals surface area contributed by atoms with Crippen LogP contribution < -0.4 is 14.9 Å². The van der Waals surface area contributed by atoms with Crippen molar-refractivity contribution in [3.8, 4) is 0 Å². The number of aliphatic hydroxyl groups is 1. The Balaban J connectivity index is 1.83. The minimum atomic E-state index is -4.76. The molecule has 3 aromatic rings. The Labute approximate surface area is 230 Å². The lowest BCUT2D eigenvalue weighted by Gasteiger charge is -2.21. The third-order valence-corrected chi connectivity index (χ3v) is 6.91. The number of sulfonamides is 1. The van der Waals surface area contributed by atoms with Gasteiger partial charge in [0.25, 0.3) is 5.91 Å².